The first-order valence-corrected chi connectivity index (χ1v) is 29.2. The van der Waals surface area contributed by atoms with Gasteiger partial charge in [-0.1, -0.05) is 76.2 Å². The summed E-state index contributed by atoms with van der Waals surface area (Å²) in [5.74, 6) is -2.27. The fourth-order valence-electron chi connectivity index (χ4n) is 11.5. The number of carboxylic acid groups (broad SMARTS) is 1. The van der Waals surface area contributed by atoms with Gasteiger partial charge in [-0.15, -0.1) is 0 Å². The number of morpholine rings is 2. The monoisotopic (exact) mass is 1170 g/mol. The van der Waals surface area contributed by atoms with E-state index in [1.54, 1.807) is 40.0 Å². The first-order valence-electron chi connectivity index (χ1n) is 29.2. The van der Waals surface area contributed by atoms with Crippen molar-refractivity contribution >= 4 is 23.5 Å². The van der Waals surface area contributed by atoms with Gasteiger partial charge >= 0.3 is 30.8 Å². The van der Waals surface area contributed by atoms with Crippen molar-refractivity contribution in [2.24, 2.45) is 11.8 Å². The van der Waals surface area contributed by atoms with E-state index in [1.165, 1.54) is 13.2 Å². The molecule has 19 heteroatoms. The van der Waals surface area contributed by atoms with E-state index in [1.807, 2.05) is 102 Å². The van der Waals surface area contributed by atoms with Gasteiger partial charge in [0.1, 0.15) is 0 Å². The fourth-order valence-corrected chi connectivity index (χ4v) is 11.5. The molecule has 0 spiro atoms. The number of carbonyl (C=O) groups excluding carboxylic acids is 3. The van der Waals surface area contributed by atoms with Gasteiger partial charge in [0.15, 0.2) is 11.6 Å². The van der Waals surface area contributed by atoms with E-state index < -0.39 is 35.9 Å². The fraction of sp³-hybridized carbons (Fsp3) is 0.463. The van der Waals surface area contributed by atoms with Crippen LogP contribution >= 0.6 is 0 Å². The van der Waals surface area contributed by atoms with Gasteiger partial charge < -0.3 is 39.4 Å². The normalized spacial score (nSPS) is 14.9. The molecule has 2 aliphatic rings. The minimum Gasteiger partial charge on any atom is -0.870 e. The molecular weight excluding hydrogens is 1090 g/mol. The van der Waals surface area contributed by atoms with Crippen molar-refractivity contribution in [1.29, 1.82) is 0 Å². The Morgan fingerprint density at radius 1 is 0.558 bits per heavy atom. The summed E-state index contributed by atoms with van der Waals surface area (Å²) in [5, 5.41) is 9.77. The number of ether oxygens (including phenoxy) is 3. The number of hydrogen-bond acceptors (Lipinski definition) is 15. The van der Waals surface area contributed by atoms with Gasteiger partial charge in [-0.05, 0) is 120 Å². The largest absolute Gasteiger partial charge is 1.00 e. The maximum Gasteiger partial charge on any atom is 1.00 e. The van der Waals surface area contributed by atoms with Crippen molar-refractivity contribution in [2.45, 2.75) is 131 Å². The molecule has 2 saturated heterocycles. The summed E-state index contributed by atoms with van der Waals surface area (Å²) < 4.78 is 19.1. The third kappa shape index (κ3) is 20.2. The van der Waals surface area contributed by atoms with E-state index in [-0.39, 0.29) is 90.0 Å². The zero-order chi connectivity index (χ0) is 59.7. The van der Waals surface area contributed by atoms with Gasteiger partial charge in [-0.3, -0.25) is 48.5 Å². The Bertz CT molecular complexity index is 3270. The van der Waals surface area contributed by atoms with E-state index >= 15 is 0 Å². The molecule has 86 heavy (non-hydrogen) atoms. The van der Waals surface area contributed by atoms with Crippen molar-refractivity contribution in [2.75, 3.05) is 59.7 Å². The smallest absolute Gasteiger partial charge is 0.870 e. The zero-order valence-corrected chi connectivity index (χ0v) is 51.9. The molecule has 18 nitrogen and oxygen atoms in total. The Balaban J connectivity index is 0.000000356. The summed E-state index contributed by atoms with van der Waals surface area (Å²) in [6.45, 7) is 23.7. The van der Waals surface area contributed by atoms with Crippen LogP contribution in [0.1, 0.15) is 135 Å². The van der Waals surface area contributed by atoms with Crippen molar-refractivity contribution in [3.8, 4) is 22.3 Å². The third-order valence-corrected chi connectivity index (χ3v) is 15.8. The first kappa shape index (κ1) is 71.8. The molecule has 2 aromatic carbocycles. The summed E-state index contributed by atoms with van der Waals surface area (Å²) in [5.41, 5.74) is 11.4. The van der Waals surface area contributed by atoms with Crippen molar-refractivity contribution in [3.63, 3.8) is 0 Å². The predicted octanol–water partition coefficient (Wildman–Crippen LogP) is 7.07. The predicted molar refractivity (Wildman–Crippen MR) is 326 cm³/mol. The summed E-state index contributed by atoms with van der Waals surface area (Å²) in [7, 11) is 1.35. The van der Waals surface area contributed by atoms with E-state index in [9.17, 15) is 33.9 Å². The van der Waals surface area contributed by atoms with Gasteiger partial charge in [0.25, 0.3) is 11.1 Å². The second-order valence-corrected chi connectivity index (χ2v) is 23.3. The number of aryl methyl sites for hydroxylation is 4. The number of carboxylic acids is 1. The summed E-state index contributed by atoms with van der Waals surface area (Å²) >= 11 is 0. The molecule has 0 radical (unpaired) electrons. The Morgan fingerprint density at radius 3 is 1.28 bits per heavy atom. The Hall–Kier alpha value is -6.72. The van der Waals surface area contributed by atoms with Crippen LogP contribution in [0.2, 0.25) is 0 Å². The van der Waals surface area contributed by atoms with Crippen molar-refractivity contribution < 1.29 is 68.3 Å². The zero-order valence-electron chi connectivity index (χ0n) is 51.9. The molecule has 2 aliphatic heterocycles. The molecule has 0 saturated carbocycles. The number of esters is 1. The molecule has 458 valence electrons. The molecule has 6 aromatic rings. The van der Waals surface area contributed by atoms with Crippen LogP contribution in [0.4, 0.5) is 0 Å². The summed E-state index contributed by atoms with van der Waals surface area (Å²) in [6.07, 6.45) is 11.5. The number of nitrogens with zero attached hydrogens (tertiary/aromatic N) is 6. The van der Waals surface area contributed by atoms with Gasteiger partial charge in [0, 0.05) is 124 Å². The maximum atomic E-state index is 14.1. The van der Waals surface area contributed by atoms with Gasteiger partial charge in [-0.25, -0.2) is 0 Å². The van der Waals surface area contributed by atoms with Gasteiger partial charge in [-0.2, -0.15) is 0 Å². The molecule has 4 aromatic heterocycles. The Kier molecular flexibility index (Phi) is 28.8. The van der Waals surface area contributed by atoms with Gasteiger partial charge in [0.2, 0.25) is 0 Å². The van der Waals surface area contributed by atoms with E-state index in [2.05, 4.69) is 45.7 Å². The Labute approximate surface area is 518 Å². The van der Waals surface area contributed by atoms with Crippen LogP contribution < -0.4 is 30.0 Å². The number of hydrogen-bond donors (Lipinski definition) is 1. The van der Waals surface area contributed by atoms with Crippen molar-refractivity contribution in [3.05, 3.63) is 175 Å². The van der Waals surface area contributed by atoms with Gasteiger partial charge in [0.05, 0.1) is 58.5 Å². The molecular formula is C67H86LiN6O12-. The number of pyridine rings is 4. The SMILES string of the molecule is COC(=O)C[C@H](CC(=O)C(CC(C)C)n1cc(CN2CCOCC2)ccc1=O)c1cncc(-c2c(C)cccc2C)c1.Cc1cccc(C)c1-c1cncc([C@H](CC(=O)O)CC(=O)C(CC(C)C)n2cc(CN3CCOCC3)ccc2=O)c1.[Li+].[OH-].[OH-]. The molecule has 0 bridgehead atoms. The number of Topliss-reactive ketones (excluding diaryl/α,β-unsaturated/α-hetero) is 2. The maximum absolute atomic E-state index is 14.1. The minimum atomic E-state index is -0.981. The number of rotatable bonds is 24. The van der Waals surface area contributed by atoms with Crippen LogP contribution in [0.15, 0.2) is 120 Å². The number of ketones is 2. The topological polar surface area (TPSA) is 252 Å². The summed E-state index contributed by atoms with van der Waals surface area (Å²) in [4.78, 5) is 92.2. The molecule has 0 amide bonds. The summed E-state index contributed by atoms with van der Waals surface area (Å²) in [6, 6.07) is 21.6. The van der Waals surface area contributed by atoms with Crippen LogP contribution in [-0.4, -0.2) is 128 Å². The van der Waals surface area contributed by atoms with Crippen LogP contribution in [0.3, 0.4) is 0 Å². The molecule has 4 atom stereocenters. The van der Waals surface area contributed by atoms with Crippen molar-refractivity contribution in [1.82, 2.24) is 28.9 Å². The molecule has 3 N–H and O–H groups in total. The molecule has 2 fully saturated rings. The third-order valence-electron chi connectivity index (χ3n) is 15.8. The molecule has 0 aliphatic carbocycles. The van der Waals surface area contributed by atoms with Crippen LogP contribution in [0.25, 0.3) is 22.3 Å². The quantitative estimate of drug-likeness (QED) is 0.0470. The van der Waals surface area contributed by atoms with Crippen LogP contribution in [0, 0.1) is 39.5 Å². The first-order chi connectivity index (χ1) is 39.8. The molecule has 2 unspecified atom stereocenters. The number of carbonyl (C=O) groups is 4. The number of benzene rings is 2. The molecule has 6 heterocycles. The van der Waals surface area contributed by atoms with Crippen LogP contribution in [0.5, 0.6) is 0 Å². The number of aliphatic carboxylic acids is 1. The van der Waals surface area contributed by atoms with E-state index in [0.717, 1.165) is 87.4 Å². The van der Waals surface area contributed by atoms with E-state index in [4.69, 9.17) is 14.2 Å². The number of aromatic nitrogens is 4. The average molecular weight is 1170 g/mol. The number of methoxy groups -OCH3 is 1. The molecule has 8 rings (SSSR count). The average Bonchev–Trinajstić information content (AvgIpc) is 2.07. The second-order valence-electron chi connectivity index (χ2n) is 23.3. The minimum absolute atomic E-state index is 0. The van der Waals surface area contributed by atoms with E-state index in [0.29, 0.717) is 57.9 Å². The van der Waals surface area contributed by atoms with Crippen LogP contribution in [-0.2, 0) is 46.5 Å². The Morgan fingerprint density at radius 2 is 0.930 bits per heavy atom. The standard InChI is InChI=1S/C34H43N3O5.C33H41N3O5.Li.2H2O/c1-23(2)15-30(37-22-26(9-10-32(37)39)21-36-11-13-42-14-12-36)31(38)17-27(18-33(40)41-5)28-16-29(20-35-19-28)34-24(3)7-6-8-25(34)4;1-22(2)14-29(36-21-25(8-9-31(36)38)20-35-10-12-41-13-11-35)30(37)16-26(17-32(39)40)27-15-28(19-34-18-27)33-23(3)6-5-7-24(33)4;;;/h6-10,16,19-20,22-23,27,30H,11-15,17-18,21H2,1-5H3;5-9,15,18-19,21-22,26,29H,10-14,16-17,20H2,1-4H3,(H,39,40);;2*1H2/q;;+1;;/p-2/t27-,30?;26-,29?;;;/m00.../s1. The second kappa shape index (κ2) is 34.6.